The molecular weight excluding hydrogens is 480 g/mol. The number of halogens is 1. The number of amides is 1. The van der Waals surface area contributed by atoms with Crippen LogP contribution in [0.1, 0.15) is 19.8 Å². The number of sulfonamides is 1. The van der Waals surface area contributed by atoms with Crippen molar-refractivity contribution in [3.05, 3.63) is 61.6 Å². The van der Waals surface area contributed by atoms with Crippen LogP contribution in [0.5, 0.6) is 5.75 Å². The molecule has 3 rings (SSSR count). The molecule has 2 aromatic rings. The molecule has 1 aliphatic heterocycles. The number of nitro benzene ring substituents is 2. The number of carbonyl (C=O) groups is 1. The van der Waals surface area contributed by atoms with Gasteiger partial charge in [-0.05, 0) is 38.0 Å². The van der Waals surface area contributed by atoms with Gasteiger partial charge in [-0.2, -0.15) is 4.31 Å². The van der Waals surface area contributed by atoms with E-state index in [4.69, 9.17) is 16.3 Å². The number of nitro groups is 2. The van der Waals surface area contributed by atoms with E-state index in [9.17, 15) is 33.4 Å². The molecule has 176 valence electrons. The van der Waals surface area contributed by atoms with E-state index in [1.54, 1.807) is 0 Å². The van der Waals surface area contributed by atoms with Crippen LogP contribution in [0.3, 0.4) is 0 Å². The molecule has 33 heavy (non-hydrogen) atoms. The predicted molar refractivity (Wildman–Crippen MR) is 118 cm³/mol. The molecule has 1 heterocycles. The number of ether oxygens (including phenoxy) is 1. The summed E-state index contributed by atoms with van der Waals surface area (Å²) >= 11 is 5.95. The monoisotopic (exact) mass is 498 g/mol. The highest BCUT2D eigenvalue weighted by Gasteiger charge is 2.30. The van der Waals surface area contributed by atoms with Crippen LogP contribution in [0.2, 0.25) is 5.02 Å². The summed E-state index contributed by atoms with van der Waals surface area (Å²) in [6.07, 6.45) is 0.193. The van der Waals surface area contributed by atoms with Gasteiger partial charge in [-0.15, -0.1) is 0 Å². The van der Waals surface area contributed by atoms with Gasteiger partial charge >= 0.3 is 5.69 Å². The Hall–Kier alpha value is -3.29. The van der Waals surface area contributed by atoms with Crippen LogP contribution in [0.4, 0.5) is 17.1 Å². The lowest BCUT2D eigenvalue weighted by molar-refractivity contribution is -0.386. The van der Waals surface area contributed by atoms with E-state index in [1.165, 1.54) is 23.4 Å². The van der Waals surface area contributed by atoms with Gasteiger partial charge in [-0.25, -0.2) is 8.42 Å². The zero-order chi connectivity index (χ0) is 24.3. The van der Waals surface area contributed by atoms with E-state index in [0.29, 0.717) is 25.9 Å². The molecule has 0 aliphatic carbocycles. The molecule has 1 unspecified atom stereocenters. The molecule has 1 N–H and O–H groups in total. The Bertz CT molecular complexity index is 1210. The maximum atomic E-state index is 12.7. The number of carbonyl (C=O) groups excluding carboxylic acids is 1. The van der Waals surface area contributed by atoms with Crippen LogP contribution < -0.4 is 10.1 Å². The second kappa shape index (κ2) is 9.68. The third kappa shape index (κ3) is 5.38. The Balaban J connectivity index is 1.78. The number of non-ortho nitro benzene ring substituents is 1. The number of hydrogen-bond donors (Lipinski definition) is 1. The standard InChI is InChI=1S/C19H19ClN4O8S/c1-12(19(25)21-16-6-4-13(23(26)27)10-15(16)20)32-18-7-5-14(11-17(18)24(28)29)33(30,31)22-8-2-3-9-22/h4-7,10-12H,2-3,8-9H2,1H3,(H,21,25). The van der Waals surface area contributed by atoms with E-state index in [-0.39, 0.29) is 27.0 Å². The highest BCUT2D eigenvalue weighted by molar-refractivity contribution is 7.89. The van der Waals surface area contributed by atoms with Crippen LogP contribution >= 0.6 is 11.6 Å². The van der Waals surface area contributed by atoms with Gasteiger partial charge in [0.25, 0.3) is 11.6 Å². The molecule has 2 aromatic carbocycles. The smallest absolute Gasteiger partial charge is 0.312 e. The Morgan fingerprint density at radius 3 is 2.36 bits per heavy atom. The summed E-state index contributed by atoms with van der Waals surface area (Å²) in [6.45, 7) is 2.01. The van der Waals surface area contributed by atoms with Crippen LogP contribution in [-0.4, -0.2) is 47.7 Å². The zero-order valence-corrected chi connectivity index (χ0v) is 18.8. The Kier molecular flexibility index (Phi) is 7.15. The first kappa shape index (κ1) is 24.4. The third-order valence-corrected chi connectivity index (χ3v) is 7.13. The second-order valence-electron chi connectivity index (χ2n) is 7.17. The Morgan fingerprint density at radius 2 is 1.79 bits per heavy atom. The Labute approximate surface area is 193 Å². The molecular formula is C19H19ClN4O8S. The van der Waals surface area contributed by atoms with Gasteiger partial charge in [0, 0.05) is 31.3 Å². The lowest BCUT2D eigenvalue weighted by Crippen LogP contribution is -2.30. The molecule has 0 saturated carbocycles. The summed E-state index contributed by atoms with van der Waals surface area (Å²) < 4.78 is 32.1. The van der Waals surface area contributed by atoms with Crippen molar-refractivity contribution in [1.82, 2.24) is 4.31 Å². The summed E-state index contributed by atoms with van der Waals surface area (Å²) in [7, 11) is -3.88. The molecule has 1 amide bonds. The minimum absolute atomic E-state index is 0.0767. The minimum atomic E-state index is -3.88. The van der Waals surface area contributed by atoms with Crippen LogP contribution in [-0.2, 0) is 14.8 Å². The number of rotatable bonds is 8. The molecule has 14 heteroatoms. The van der Waals surface area contributed by atoms with Crippen molar-refractivity contribution >= 4 is 44.6 Å². The van der Waals surface area contributed by atoms with Gasteiger partial charge in [0.1, 0.15) is 0 Å². The third-order valence-electron chi connectivity index (χ3n) is 4.92. The van der Waals surface area contributed by atoms with Gasteiger partial charge in [-0.3, -0.25) is 25.0 Å². The molecule has 0 radical (unpaired) electrons. The summed E-state index contributed by atoms with van der Waals surface area (Å²) in [4.78, 5) is 33.1. The van der Waals surface area contributed by atoms with Crippen molar-refractivity contribution in [1.29, 1.82) is 0 Å². The van der Waals surface area contributed by atoms with Gasteiger partial charge in [-0.1, -0.05) is 11.6 Å². The fourth-order valence-electron chi connectivity index (χ4n) is 3.17. The fourth-order valence-corrected chi connectivity index (χ4v) is 4.93. The van der Waals surface area contributed by atoms with Crippen LogP contribution in [0, 0.1) is 20.2 Å². The maximum Gasteiger partial charge on any atom is 0.312 e. The minimum Gasteiger partial charge on any atom is -0.474 e. The van der Waals surface area contributed by atoms with E-state index in [2.05, 4.69) is 5.32 Å². The summed E-state index contributed by atoms with van der Waals surface area (Å²) in [5.41, 5.74) is -0.783. The van der Waals surface area contributed by atoms with Crippen LogP contribution in [0.25, 0.3) is 0 Å². The highest BCUT2D eigenvalue weighted by atomic mass is 35.5. The molecule has 0 bridgehead atoms. The topological polar surface area (TPSA) is 162 Å². The number of nitrogens with one attached hydrogen (secondary N) is 1. The van der Waals surface area contributed by atoms with Gasteiger partial charge in [0.2, 0.25) is 10.0 Å². The lowest BCUT2D eigenvalue weighted by atomic mass is 10.2. The molecule has 12 nitrogen and oxygen atoms in total. The first-order valence-corrected chi connectivity index (χ1v) is 11.5. The van der Waals surface area contributed by atoms with E-state index < -0.39 is 37.6 Å². The largest absolute Gasteiger partial charge is 0.474 e. The van der Waals surface area contributed by atoms with Crippen molar-refractivity contribution in [2.24, 2.45) is 0 Å². The normalized spacial score (nSPS) is 15.1. The summed E-state index contributed by atoms with van der Waals surface area (Å²) in [5.74, 6) is -1.02. The van der Waals surface area contributed by atoms with Gasteiger partial charge in [0.05, 0.1) is 25.5 Å². The lowest BCUT2D eigenvalue weighted by Gasteiger charge is -2.17. The first-order chi connectivity index (χ1) is 15.5. The zero-order valence-electron chi connectivity index (χ0n) is 17.3. The van der Waals surface area contributed by atoms with Crippen molar-refractivity contribution in [3.63, 3.8) is 0 Å². The van der Waals surface area contributed by atoms with Crippen molar-refractivity contribution in [2.75, 3.05) is 18.4 Å². The first-order valence-electron chi connectivity index (χ1n) is 9.71. The summed E-state index contributed by atoms with van der Waals surface area (Å²) in [5, 5.41) is 24.7. The van der Waals surface area contributed by atoms with Crippen molar-refractivity contribution in [3.8, 4) is 5.75 Å². The average molecular weight is 499 g/mol. The fraction of sp³-hybridized carbons (Fsp3) is 0.316. The SMILES string of the molecule is CC(Oc1ccc(S(=O)(=O)N2CCCC2)cc1[N+](=O)[O-])C(=O)Nc1ccc([N+](=O)[O-])cc1Cl. The molecule has 0 aromatic heterocycles. The number of hydrogen-bond acceptors (Lipinski definition) is 8. The second-order valence-corrected chi connectivity index (χ2v) is 9.51. The maximum absolute atomic E-state index is 12.7. The highest BCUT2D eigenvalue weighted by Crippen LogP contribution is 2.33. The quantitative estimate of drug-likeness (QED) is 0.427. The average Bonchev–Trinajstić information content (AvgIpc) is 3.30. The molecule has 1 atom stereocenters. The molecule has 1 aliphatic rings. The van der Waals surface area contributed by atoms with Gasteiger partial charge < -0.3 is 10.1 Å². The van der Waals surface area contributed by atoms with E-state index in [0.717, 1.165) is 24.3 Å². The number of benzene rings is 2. The molecule has 1 fully saturated rings. The summed E-state index contributed by atoms with van der Waals surface area (Å²) in [6, 6.07) is 6.67. The van der Waals surface area contributed by atoms with Crippen LogP contribution in [0.15, 0.2) is 41.3 Å². The molecule has 0 spiro atoms. The predicted octanol–water partition coefficient (Wildman–Crippen LogP) is 3.35. The number of anilines is 1. The van der Waals surface area contributed by atoms with E-state index in [1.807, 2.05) is 0 Å². The molecule has 1 saturated heterocycles. The van der Waals surface area contributed by atoms with Crippen molar-refractivity contribution in [2.45, 2.75) is 30.8 Å². The van der Waals surface area contributed by atoms with Crippen molar-refractivity contribution < 1.29 is 27.8 Å². The Morgan fingerprint density at radius 1 is 1.12 bits per heavy atom. The number of nitrogens with zero attached hydrogens (tertiary/aromatic N) is 3. The van der Waals surface area contributed by atoms with Gasteiger partial charge in [0.15, 0.2) is 11.9 Å². The van der Waals surface area contributed by atoms with E-state index >= 15 is 0 Å².